The first-order chi connectivity index (χ1) is 21.3. The number of amides is 2. The number of aryl methyl sites for hydroxylation is 1. The molecule has 240 valence electrons. The van der Waals surface area contributed by atoms with Gasteiger partial charge in [0.1, 0.15) is 24.3 Å². The van der Waals surface area contributed by atoms with Crippen LogP contribution < -0.4 is 10.6 Å². The zero-order valence-corrected chi connectivity index (χ0v) is 28.4. The molecule has 9 nitrogen and oxygen atoms in total. The number of aromatic nitrogens is 2. The van der Waals surface area contributed by atoms with Crippen LogP contribution in [0.3, 0.4) is 0 Å². The van der Waals surface area contributed by atoms with Crippen LogP contribution in [0.1, 0.15) is 41.8 Å². The summed E-state index contributed by atoms with van der Waals surface area (Å²) in [6.07, 6.45) is 2.62. The molecule has 2 atom stereocenters. The minimum Gasteiger partial charge on any atom is -0.360 e. The predicted octanol–water partition coefficient (Wildman–Crippen LogP) is 6.22. The maximum Gasteiger partial charge on any atom is 0.269 e. The maximum absolute atomic E-state index is 14.6. The number of nitrogens with one attached hydrogen (secondary N) is 2. The Morgan fingerprint density at radius 3 is 2.58 bits per heavy atom. The molecule has 0 saturated heterocycles. The molecule has 0 radical (unpaired) electrons. The molecule has 3 aromatic rings. The molecule has 0 aliphatic heterocycles. The maximum atomic E-state index is 14.6. The van der Waals surface area contributed by atoms with Crippen LogP contribution in [0.4, 0.5) is 10.1 Å². The monoisotopic (exact) mass is 632 g/mol. The SMILES string of the molecule is C=NN(C)/C(=C\C)C(=O)NC(C(=O)Nc1ccc(-c2c(C)nn(COCC[Si](C)(C)C)c2C)cc1)[C@H]1CCc2c(F)cccc21. The van der Waals surface area contributed by atoms with Crippen molar-refractivity contribution in [1.29, 1.82) is 0 Å². The van der Waals surface area contributed by atoms with Gasteiger partial charge in [0.2, 0.25) is 5.91 Å². The molecule has 4 rings (SSSR count). The molecule has 0 fully saturated rings. The van der Waals surface area contributed by atoms with Crippen molar-refractivity contribution in [1.82, 2.24) is 20.1 Å². The second-order valence-electron chi connectivity index (χ2n) is 12.7. The van der Waals surface area contributed by atoms with Crippen molar-refractivity contribution in [2.24, 2.45) is 5.10 Å². The number of rotatable bonds is 13. The number of fused-ring (bicyclic) bond motifs is 1. The summed E-state index contributed by atoms with van der Waals surface area (Å²) in [5.74, 6) is -1.56. The van der Waals surface area contributed by atoms with Crippen LogP contribution in [0, 0.1) is 19.7 Å². The predicted molar refractivity (Wildman–Crippen MR) is 180 cm³/mol. The van der Waals surface area contributed by atoms with Gasteiger partial charge >= 0.3 is 0 Å². The normalized spacial score (nSPS) is 15.4. The Labute approximate surface area is 266 Å². The van der Waals surface area contributed by atoms with Crippen molar-refractivity contribution in [2.75, 3.05) is 19.0 Å². The average molecular weight is 633 g/mol. The summed E-state index contributed by atoms with van der Waals surface area (Å²) in [5.41, 5.74) is 6.04. The molecule has 45 heavy (non-hydrogen) atoms. The molecular formula is C34H45FN6O3Si. The van der Waals surface area contributed by atoms with Gasteiger partial charge in [-0.15, -0.1) is 0 Å². The first-order valence-corrected chi connectivity index (χ1v) is 19.0. The third kappa shape index (κ3) is 7.95. The lowest BCUT2D eigenvalue weighted by Crippen LogP contribution is -2.48. The molecular weight excluding hydrogens is 587 g/mol. The van der Waals surface area contributed by atoms with E-state index < -0.39 is 31.8 Å². The van der Waals surface area contributed by atoms with E-state index in [0.717, 1.165) is 40.7 Å². The van der Waals surface area contributed by atoms with Gasteiger partial charge in [-0.2, -0.15) is 10.2 Å². The fourth-order valence-corrected chi connectivity index (χ4v) is 6.56. The van der Waals surface area contributed by atoms with Gasteiger partial charge in [0, 0.05) is 51.3 Å². The number of allylic oxidation sites excluding steroid dienone is 1. The lowest BCUT2D eigenvalue weighted by molar-refractivity contribution is -0.125. The molecule has 1 aliphatic rings. The molecule has 2 N–H and O–H groups in total. The number of halogens is 1. The average Bonchev–Trinajstić information content (AvgIpc) is 3.55. The summed E-state index contributed by atoms with van der Waals surface area (Å²) in [4.78, 5) is 27.1. The lowest BCUT2D eigenvalue weighted by Gasteiger charge is -2.26. The Kier molecular flexibility index (Phi) is 10.8. The fourth-order valence-electron chi connectivity index (χ4n) is 5.80. The largest absolute Gasteiger partial charge is 0.360 e. The van der Waals surface area contributed by atoms with E-state index in [1.54, 1.807) is 26.1 Å². The number of hydrogen-bond acceptors (Lipinski definition) is 6. The van der Waals surface area contributed by atoms with Crippen molar-refractivity contribution < 1.29 is 18.7 Å². The van der Waals surface area contributed by atoms with Crippen LogP contribution in [-0.4, -0.2) is 61.1 Å². The van der Waals surface area contributed by atoms with Crippen LogP contribution in [0.15, 0.2) is 59.3 Å². The molecule has 1 heterocycles. The second-order valence-corrected chi connectivity index (χ2v) is 18.3. The first-order valence-electron chi connectivity index (χ1n) is 15.3. The highest BCUT2D eigenvalue weighted by atomic mass is 28.3. The van der Waals surface area contributed by atoms with Crippen molar-refractivity contribution in [3.05, 3.63) is 82.6 Å². The molecule has 0 saturated carbocycles. The number of carbonyl (C=O) groups is 2. The summed E-state index contributed by atoms with van der Waals surface area (Å²) < 4.78 is 22.4. The zero-order valence-electron chi connectivity index (χ0n) is 27.4. The molecule has 1 aromatic heterocycles. The molecule has 11 heteroatoms. The number of ether oxygens (including phenoxy) is 1. The Morgan fingerprint density at radius 1 is 1.22 bits per heavy atom. The van der Waals surface area contributed by atoms with E-state index in [9.17, 15) is 14.0 Å². The van der Waals surface area contributed by atoms with Gasteiger partial charge in [-0.1, -0.05) is 50.0 Å². The Balaban J connectivity index is 1.53. The second kappa shape index (κ2) is 14.3. The van der Waals surface area contributed by atoms with Gasteiger partial charge in [0.25, 0.3) is 5.91 Å². The molecule has 2 amide bonds. The summed E-state index contributed by atoms with van der Waals surface area (Å²) in [6, 6.07) is 12.6. The van der Waals surface area contributed by atoms with Gasteiger partial charge in [-0.3, -0.25) is 14.6 Å². The lowest BCUT2D eigenvalue weighted by atomic mass is 9.92. The number of nitrogens with zero attached hydrogens (tertiary/aromatic N) is 4. The standard InChI is InChI=1S/C34H45FN6O3Si/c1-9-30(40(5)36-4)33(42)38-32(28-18-17-27-26(28)11-10-12-29(27)35)34(43)37-25-15-13-24(14-16-25)31-22(2)39-41(23(31)3)21-44-19-20-45(6,7)8/h9-16,28,32H,4,17-21H2,1-3,5-8H3,(H,37,43)(H,38,42)/b30-9-/t28-,32?/m0/s1. The van der Waals surface area contributed by atoms with Gasteiger partial charge in [-0.25, -0.2) is 9.07 Å². The van der Waals surface area contributed by atoms with E-state index in [1.165, 1.54) is 11.1 Å². The highest BCUT2D eigenvalue weighted by Gasteiger charge is 2.37. The number of likely N-dealkylation sites (N-methyl/N-ethyl adjacent to an activating group) is 1. The van der Waals surface area contributed by atoms with Crippen LogP contribution >= 0.6 is 0 Å². The van der Waals surface area contributed by atoms with Gasteiger partial charge in [0.15, 0.2) is 0 Å². The molecule has 1 unspecified atom stereocenters. The number of hydrazone groups is 1. The zero-order chi connectivity index (χ0) is 32.9. The van der Waals surface area contributed by atoms with E-state index in [0.29, 0.717) is 30.8 Å². The third-order valence-electron chi connectivity index (χ3n) is 8.33. The van der Waals surface area contributed by atoms with E-state index in [2.05, 4.69) is 42.1 Å². The van der Waals surface area contributed by atoms with Crippen molar-refractivity contribution >= 4 is 32.3 Å². The summed E-state index contributed by atoms with van der Waals surface area (Å²) in [7, 11) is 0.435. The number of hydrogen-bond donors (Lipinski definition) is 2. The van der Waals surface area contributed by atoms with Gasteiger partial charge in [0.05, 0.1) is 5.69 Å². The molecule has 2 aromatic carbocycles. The third-order valence-corrected chi connectivity index (χ3v) is 10.0. The molecule has 0 bridgehead atoms. The van der Waals surface area contributed by atoms with E-state index >= 15 is 0 Å². The van der Waals surface area contributed by atoms with Crippen molar-refractivity contribution in [3.8, 4) is 11.1 Å². The van der Waals surface area contributed by atoms with E-state index in [-0.39, 0.29) is 11.5 Å². The Bertz CT molecular complexity index is 1580. The highest BCUT2D eigenvalue weighted by molar-refractivity contribution is 6.76. The Morgan fingerprint density at radius 2 is 1.93 bits per heavy atom. The molecule has 1 aliphatic carbocycles. The quantitative estimate of drug-likeness (QED) is 0.0766. The number of anilines is 1. The molecule has 0 spiro atoms. The number of carbonyl (C=O) groups excluding carboxylic acids is 2. The summed E-state index contributed by atoms with van der Waals surface area (Å²) >= 11 is 0. The van der Waals surface area contributed by atoms with Crippen LogP contribution in [-0.2, 0) is 27.5 Å². The smallest absolute Gasteiger partial charge is 0.269 e. The summed E-state index contributed by atoms with van der Waals surface area (Å²) in [6.45, 7) is 17.3. The minimum atomic E-state index is -1.17. The van der Waals surface area contributed by atoms with Gasteiger partial charge < -0.3 is 15.4 Å². The summed E-state index contributed by atoms with van der Waals surface area (Å²) in [5, 5.41) is 15.7. The van der Waals surface area contributed by atoms with Crippen LogP contribution in [0.5, 0.6) is 0 Å². The highest BCUT2D eigenvalue weighted by Crippen LogP contribution is 2.37. The minimum absolute atomic E-state index is 0.248. The van der Waals surface area contributed by atoms with Gasteiger partial charge in [-0.05, 0) is 74.5 Å². The fraction of sp³-hybridized carbons (Fsp3) is 0.412. The Hall–Kier alpha value is -4.09. The topological polar surface area (TPSA) is 101 Å². The number of benzene rings is 2. The van der Waals surface area contributed by atoms with E-state index in [4.69, 9.17) is 9.84 Å². The van der Waals surface area contributed by atoms with Crippen LogP contribution in [0.2, 0.25) is 25.7 Å². The van der Waals surface area contributed by atoms with Crippen molar-refractivity contribution in [2.45, 2.75) is 78.0 Å². The van der Waals surface area contributed by atoms with Crippen LogP contribution in [0.25, 0.3) is 11.1 Å². The van der Waals surface area contributed by atoms with Crippen molar-refractivity contribution in [3.63, 3.8) is 0 Å². The van der Waals surface area contributed by atoms with E-state index in [1.807, 2.05) is 48.9 Å². The first kappa shape index (κ1) is 33.8.